The van der Waals surface area contributed by atoms with Gasteiger partial charge in [0.1, 0.15) is 0 Å². The Hall–Kier alpha value is -1.30. The predicted molar refractivity (Wildman–Crippen MR) is 75.6 cm³/mol. The lowest BCUT2D eigenvalue weighted by molar-refractivity contribution is -0.143. The Kier molecular flexibility index (Phi) is 7.36. The summed E-state index contributed by atoms with van der Waals surface area (Å²) in [5.74, 6) is -0.637. The second-order valence-corrected chi connectivity index (χ2v) is 5.65. The SMILES string of the molecule is CC(C)CCOCCNC(=O)N1CCCC(C(=O)O)C1. The average Bonchev–Trinajstić information content (AvgIpc) is 2.42. The molecule has 116 valence electrons. The molecule has 0 saturated carbocycles. The van der Waals surface area contributed by atoms with Crippen molar-refractivity contribution in [3.8, 4) is 0 Å². The van der Waals surface area contributed by atoms with Crippen molar-refractivity contribution in [1.29, 1.82) is 0 Å². The van der Waals surface area contributed by atoms with Gasteiger partial charge in [-0.15, -0.1) is 0 Å². The van der Waals surface area contributed by atoms with E-state index in [9.17, 15) is 9.59 Å². The van der Waals surface area contributed by atoms with E-state index < -0.39 is 11.9 Å². The summed E-state index contributed by atoms with van der Waals surface area (Å²) in [5, 5.41) is 11.7. The van der Waals surface area contributed by atoms with Crippen LogP contribution in [0.3, 0.4) is 0 Å². The molecular weight excluding hydrogens is 260 g/mol. The van der Waals surface area contributed by atoms with Crippen LogP contribution in [0.5, 0.6) is 0 Å². The van der Waals surface area contributed by atoms with Crippen LogP contribution in [-0.4, -0.2) is 54.9 Å². The van der Waals surface area contributed by atoms with Crippen molar-refractivity contribution >= 4 is 12.0 Å². The van der Waals surface area contributed by atoms with Crippen molar-refractivity contribution in [1.82, 2.24) is 10.2 Å². The fraction of sp³-hybridized carbons (Fsp3) is 0.857. The zero-order valence-electron chi connectivity index (χ0n) is 12.4. The molecule has 0 bridgehead atoms. The zero-order valence-corrected chi connectivity index (χ0v) is 12.4. The molecule has 0 aromatic carbocycles. The highest BCUT2D eigenvalue weighted by atomic mass is 16.5. The van der Waals surface area contributed by atoms with Gasteiger partial charge in [-0.3, -0.25) is 4.79 Å². The number of carboxylic acid groups (broad SMARTS) is 1. The molecule has 2 N–H and O–H groups in total. The standard InChI is InChI=1S/C14H26N2O4/c1-11(2)5-8-20-9-6-15-14(19)16-7-3-4-12(10-16)13(17)18/h11-12H,3-10H2,1-2H3,(H,15,19)(H,17,18). The lowest BCUT2D eigenvalue weighted by Crippen LogP contribution is -2.47. The van der Waals surface area contributed by atoms with E-state index in [2.05, 4.69) is 19.2 Å². The van der Waals surface area contributed by atoms with Crippen molar-refractivity contribution in [3.05, 3.63) is 0 Å². The summed E-state index contributed by atoms with van der Waals surface area (Å²) in [7, 11) is 0. The maximum atomic E-state index is 11.9. The number of likely N-dealkylation sites (tertiary alicyclic amines) is 1. The Bertz CT molecular complexity index is 320. The van der Waals surface area contributed by atoms with Crippen molar-refractivity contribution in [2.75, 3.05) is 32.8 Å². The summed E-state index contributed by atoms with van der Waals surface area (Å²) >= 11 is 0. The highest BCUT2D eigenvalue weighted by molar-refractivity contribution is 5.76. The lowest BCUT2D eigenvalue weighted by atomic mass is 9.99. The van der Waals surface area contributed by atoms with Gasteiger partial charge in [0.2, 0.25) is 0 Å². The average molecular weight is 286 g/mol. The first-order valence-electron chi connectivity index (χ1n) is 7.34. The number of ether oxygens (including phenoxy) is 1. The van der Waals surface area contributed by atoms with E-state index in [0.29, 0.717) is 45.2 Å². The number of piperidine rings is 1. The number of amides is 2. The molecule has 0 aromatic rings. The van der Waals surface area contributed by atoms with Crippen molar-refractivity contribution < 1.29 is 19.4 Å². The van der Waals surface area contributed by atoms with Crippen molar-refractivity contribution in [2.24, 2.45) is 11.8 Å². The van der Waals surface area contributed by atoms with E-state index in [0.717, 1.165) is 12.8 Å². The maximum absolute atomic E-state index is 11.9. The summed E-state index contributed by atoms with van der Waals surface area (Å²) in [6, 6.07) is -0.191. The Morgan fingerprint density at radius 2 is 2.15 bits per heavy atom. The van der Waals surface area contributed by atoms with Crippen LogP contribution in [0.1, 0.15) is 33.1 Å². The number of rotatable bonds is 7. The Morgan fingerprint density at radius 3 is 2.80 bits per heavy atom. The van der Waals surface area contributed by atoms with E-state index in [1.807, 2.05) is 0 Å². The third-order valence-corrected chi connectivity index (χ3v) is 3.42. The number of carboxylic acids is 1. The van der Waals surface area contributed by atoms with E-state index in [4.69, 9.17) is 9.84 Å². The van der Waals surface area contributed by atoms with Gasteiger partial charge < -0.3 is 20.1 Å². The predicted octanol–water partition coefficient (Wildman–Crippen LogP) is 1.56. The van der Waals surface area contributed by atoms with Crippen LogP contribution in [0.15, 0.2) is 0 Å². The first-order chi connectivity index (χ1) is 9.50. The van der Waals surface area contributed by atoms with Crippen molar-refractivity contribution in [3.63, 3.8) is 0 Å². The molecule has 0 spiro atoms. The number of hydrogen-bond acceptors (Lipinski definition) is 3. The molecule has 1 heterocycles. The van der Waals surface area contributed by atoms with Crippen LogP contribution in [0.25, 0.3) is 0 Å². The quantitative estimate of drug-likeness (QED) is 0.696. The van der Waals surface area contributed by atoms with Gasteiger partial charge in [0.15, 0.2) is 0 Å². The Labute approximate surface area is 120 Å². The van der Waals surface area contributed by atoms with E-state index >= 15 is 0 Å². The summed E-state index contributed by atoms with van der Waals surface area (Å²) in [5.41, 5.74) is 0. The van der Waals surface area contributed by atoms with Gasteiger partial charge in [0.05, 0.1) is 12.5 Å². The Morgan fingerprint density at radius 1 is 1.40 bits per heavy atom. The molecule has 1 aliphatic rings. The molecule has 0 aliphatic carbocycles. The molecule has 1 unspecified atom stereocenters. The number of urea groups is 1. The smallest absolute Gasteiger partial charge is 0.317 e. The normalized spacial score (nSPS) is 19.1. The minimum atomic E-state index is -0.820. The second-order valence-electron chi connectivity index (χ2n) is 5.65. The number of aliphatic carboxylic acids is 1. The van der Waals surface area contributed by atoms with Gasteiger partial charge in [0.25, 0.3) is 0 Å². The molecule has 20 heavy (non-hydrogen) atoms. The summed E-state index contributed by atoms with van der Waals surface area (Å²) in [6.07, 6.45) is 2.41. The summed E-state index contributed by atoms with van der Waals surface area (Å²) in [4.78, 5) is 24.4. The van der Waals surface area contributed by atoms with Gasteiger partial charge in [-0.1, -0.05) is 13.8 Å². The maximum Gasteiger partial charge on any atom is 0.317 e. The second kappa shape index (κ2) is 8.79. The summed E-state index contributed by atoms with van der Waals surface area (Å²) < 4.78 is 5.41. The molecule has 6 heteroatoms. The number of carbonyl (C=O) groups excluding carboxylic acids is 1. The minimum absolute atomic E-state index is 0.191. The largest absolute Gasteiger partial charge is 0.481 e. The molecule has 1 aliphatic heterocycles. The Balaban J connectivity index is 2.14. The third-order valence-electron chi connectivity index (χ3n) is 3.42. The highest BCUT2D eigenvalue weighted by Crippen LogP contribution is 2.16. The molecular formula is C14H26N2O4. The van der Waals surface area contributed by atoms with E-state index in [-0.39, 0.29) is 6.03 Å². The molecule has 6 nitrogen and oxygen atoms in total. The third kappa shape index (κ3) is 6.23. The molecule has 2 amide bonds. The molecule has 1 rings (SSSR count). The first-order valence-corrected chi connectivity index (χ1v) is 7.34. The first kappa shape index (κ1) is 16.8. The van der Waals surface area contributed by atoms with Gasteiger partial charge in [-0.2, -0.15) is 0 Å². The van der Waals surface area contributed by atoms with Crippen LogP contribution in [-0.2, 0) is 9.53 Å². The van der Waals surface area contributed by atoms with Crippen LogP contribution in [0.4, 0.5) is 4.79 Å². The van der Waals surface area contributed by atoms with E-state index in [1.165, 1.54) is 0 Å². The van der Waals surface area contributed by atoms with Crippen LogP contribution in [0, 0.1) is 11.8 Å². The van der Waals surface area contributed by atoms with Gasteiger partial charge in [0, 0.05) is 26.2 Å². The van der Waals surface area contributed by atoms with Gasteiger partial charge in [-0.25, -0.2) is 4.79 Å². The van der Waals surface area contributed by atoms with E-state index in [1.54, 1.807) is 4.90 Å². The number of carbonyl (C=O) groups is 2. The van der Waals surface area contributed by atoms with Crippen molar-refractivity contribution in [2.45, 2.75) is 33.1 Å². The molecule has 1 atom stereocenters. The van der Waals surface area contributed by atoms with Crippen LogP contribution in [0.2, 0.25) is 0 Å². The number of nitrogens with one attached hydrogen (secondary N) is 1. The molecule has 0 radical (unpaired) electrons. The highest BCUT2D eigenvalue weighted by Gasteiger charge is 2.27. The number of nitrogens with zero attached hydrogens (tertiary/aromatic N) is 1. The monoisotopic (exact) mass is 286 g/mol. The number of hydrogen-bond donors (Lipinski definition) is 2. The van der Waals surface area contributed by atoms with Crippen LogP contribution < -0.4 is 5.32 Å². The fourth-order valence-corrected chi connectivity index (χ4v) is 2.13. The topological polar surface area (TPSA) is 78.9 Å². The minimum Gasteiger partial charge on any atom is -0.481 e. The lowest BCUT2D eigenvalue weighted by Gasteiger charge is -2.30. The molecule has 0 aromatic heterocycles. The van der Waals surface area contributed by atoms with Gasteiger partial charge >= 0.3 is 12.0 Å². The zero-order chi connectivity index (χ0) is 15.0. The molecule has 1 fully saturated rings. The van der Waals surface area contributed by atoms with Crippen LogP contribution >= 0.6 is 0 Å². The molecule has 1 saturated heterocycles. The fourth-order valence-electron chi connectivity index (χ4n) is 2.13. The van der Waals surface area contributed by atoms with Gasteiger partial charge in [-0.05, 0) is 25.2 Å². The summed E-state index contributed by atoms with van der Waals surface area (Å²) in [6.45, 7) is 6.87.